The molecule has 1 unspecified atom stereocenters. The number of sulfonamides is 1. The molecule has 2 amide bonds. The van der Waals surface area contributed by atoms with Gasteiger partial charge >= 0.3 is 0 Å². The molecule has 0 heterocycles. The second kappa shape index (κ2) is 15.0. The largest absolute Gasteiger partial charge is 0.354 e. The third-order valence-corrected chi connectivity index (χ3v) is 9.38. The fourth-order valence-electron chi connectivity index (χ4n) is 5.05. The molecule has 1 atom stereocenters. The van der Waals surface area contributed by atoms with Crippen molar-refractivity contribution in [2.45, 2.75) is 58.0 Å². The van der Waals surface area contributed by atoms with Gasteiger partial charge in [0.25, 0.3) is 10.0 Å². The summed E-state index contributed by atoms with van der Waals surface area (Å²) >= 11 is 0. The van der Waals surface area contributed by atoms with Gasteiger partial charge < -0.3 is 10.2 Å². The number of nitrogens with one attached hydrogen (secondary N) is 1. The third-order valence-electron chi connectivity index (χ3n) is 7.61. The van der Waals surface area contributed by atoms with E-state index in [-0.39, 0.29) is 23.8 Å². The average molecular weight is 630 g/mol. The van der Waals surface area contributed by atoms with E-state index in [0.717, 1.165) is 21.0 Å². The molecule has 45 heavy (non-hydrogen) atoms. The Labute approximate surface area is 265 Å². The lowest BCUT2D eigenvalue weighted by Crippen LogP contribution is -2.53. The molecule has 4 rings (SSSR count). The molecule has 4 aromatic carbocycles. The van der Waals surface area contributed by atoms with E-state index in [9.17, 15) is 22.4 Å². The molecule has 0 radical (unpaired) electrons. The Kier molecular flexibility index (Phi) is 11.1. The van der Waals surface area contributed by atoms with E-state index in [4.69, 9.17) is 0 Å². The number of aryl methyl sites for hydroxylation is 3. The van der Waals surface area contributed by atoms with Crippen molar-refractivity contribution in [3.63, 3.8) is 0 Å². The highest BCUT2D eigenvalue weighted by atomic mass is 32.2. The molecule has 7 nitrogen and oxygen atoms in total. The van der Waals surface area contributed by atoms with E-state index in [2.05, 4.69) is 5.32 Å². The van der Waals surface area contributed by atoms with Crippen LogP contribution < -0.4 is 9.62 Å². The standard InChI is InChI=1S/C36H40FN3O4S/c1-5-21-38-36(42)34(23-29-9-7-6-8-10-29)39(24-30-15-17-31(37)18-16-30)35(41)25-40(33-22-27(3)11-14-28(33)4)45(43,44)32-19-12-26(2)13-20-32/h6-20,22,34H,5,21,23-25H2,1-4H3,(H,38,42). The van der Waals surface area contributed by atoms with E-state index in [1.54, 1.807) is 37.3 Å². The van der Waals surface area contributed by atoms with Crippen LogP contribution in [0.4, 0.5) is 10.1 Å². The van der Waals surface area contributed by atoms with Crippen molar-refractivity contribution in [1.82, 2.24) is 10.2 Å². The van der Waals surface area contributed by atoms with Crippen LogP contribution in [0.5, 0.6) is 0 Å². The van der Waals surface area contributed by atoms with Gasteiger partial charge in [-0.05, 0) is 79.8 Å². The van der Waals surface area contributed by atoms with Crippen LogP contribution in [0.3, 0.4) is 0 Å². The van der Waals surface area contributed by atoms with Crippen LogP contribution in [-0.4, -0.2) is 44.3 Å². The highest BCUT2D eigenvalue weighted by Gasteiger charge is 2.35. The minimum absolute atomic E-state index is 0.0264. The van der Waals surface area contributed by atoms with Gasteiger partial charge in [0.1, 0.15) is 18.4 Å². The average Bonchev–Trinajstić information content (AvgIpc) is 3.03. The van der Waals surface area contributed by atoms with Crippen LogP contribution in [0.25, 0.3) is 0 Å². The molecule has 0 aliphatic carbocycles. The van der Waals surface area contributed by atoms with Crippen LogP contribution in [0.1, 0.15) is 41.2 Å². The second-order valence-electron chi connectivity index (χ2n) is 11.3. The molecule has 0 saturated carbocycles. The van der Waals surface area contributed by atoms with Crippen molar-refractivity contribution in [2.75, 3.05) is 17.4 Å². The smallest absolute Gasteiger partial charge is 0.264 e. The second-order valence-corrected chi connectivity index (χ2v) is 13.1. The summed E-state index contributed by atoms with van der Waals surface area (Å²) in [4.78, 5) is 29.7. The zero-order valence-corrected chi connectivity index (χ0v) is 27.0. The fraction of sp³-hybridized carbons (Fsp3) is 0.278. The molecule has 0 aliphatic rings. The molecule has 9 heteroatoms. The molecule has 1 N–H and O–H groups in total. The molecule has 0 aromatic heterocycles. The van der Waals surface area contributed by atoms with Gasteiger partial charge in [0.2, 0.25) is 11.8 Å². The summed E-state index contributed by atoms with van der Waals surface area (Å²) < 4.78 is 43.4. The lowest BCUT2D eigenvalue weighted by Gasteiger charge is -2.34. The topological polar surface area (TPSA) is 86.8 Å². The van der Waals surface area contributed by atoms with Gasteiger partial charge in [-0.1, -0.05) is 79.2 Å². The first-order valence-corrected chi connectivity index (χ1v) is 16.5. The number of nitrogens with zero attached hydrogens (tertiary/aromatic N) is 2. The number of benzene rings is 4. The van der Waals surface area contributed by atoms with Gasteiger partial charge in [-0.15, -0.1) is 0 Å². The summed E-state index contributed by atoms with van der Waals surface area (Å²) in [5, 5.41) is 2.92. The summed E-state index contributed by atoms with van der Waals surface area (Å²) in [7, 11) is -4.20. The maximum Gasteiger partial charge on any atom is 0.264 e. The lowest BCUT2D eigenvalue weighted by molar-refractivity contribution is -0.140. The summed E-state index contributed by atoms with van der Waals surface area (Å²) in [5.74, 6) is -1.34. The van der Waals surface area contributed by atoms with Crippen molar-refractivity contribution in [1.29, 1.82) is 0 Å². The first-order chi connectivity index (χ1) is 21.5. The van der Waals surface area contributed by atoms with Crippen LogP contribution >= 0.6 is 0 Å². The highest BCUT2D eigenvalue weighted by molar-refractivity contribution is 7.92. The summed E-state index contributed by atoms with van der Waals surface area (Å²) in [5.41, 5.74) is 4.22. The number of amides is 2. The fourth-order valence-corrected chi connectivity index (χ4v) is 6.52. The molecule has 4 aromatic rings. The molecule has 0 bridgehead atoms. The van der Waals surface area contributed by atoms with Crippen LogP contribution in [0.15, 0.2) is 102 Å². The number of carbonyl (C=O) groups is 2. The number of hydrogen-bond acceptors (Lipinski definition) is 4. The van der Waals surface area contributed by atoms with Crippen molar-refractivity contribution in [3.8, 4) is 0 Å². The number of anilines is 1. The maximum atomic E-state index is 14.5. The predicted octanol–water partition coefficient (Wildman–Crippen LogP) is 6.11. The van der Waals surface area contributed by atoms with Gasteiger partial charge in [-0.3, -0.25) is 13.9 Å². The quantitative estimate of drug-likeness (QED) is 0.193. The Hall–Kier alpha value is -4.50. The predicted molar refractivity (Wildman–Crippen MR) is 176 cm³/mol. The zero-order chi connectivity index (χ0) is 32.6. The summed E-state index contributed by atoms with van der Waals surface area (Å²) in [6.45, 7) is 7.30. The van der Waals surface area contributed by atoms with Crippen LogP contribution in [-0.2, 0) is 32.6 Å². The summed E-state index contributed by atoms with van der Waals surface area (Å²) in [6.07, 6.45) is 0.905. The van der Waals surface area contributed by atoms with Gasteiger partial charge in [-0.25, -0.2) is 12.8 Å². The Morgan fingerprint density at radius 1 is 0.822 bits per heavy atom. The van der Waals surface area contributed by atoms with Crippen LogP contribution in [0.2, 0.25) is 0 Å². The Bertz CT molecular complexity index is 1710. The highest BCUT2D eigenvalue weighted by Crippen LogP contribution is 2.29. The van der Waals surface area contributed by atoms with Crippen molar-refractivity contribution in [3.05, 3.63) is 131 Å². The van der Waals surface area contributed by atoms with E-state index in [0.29, 0.717) is 29.8 Å². The van der Waals surface area contributed by atoms with Crippen molar-refractivity contribution < 1.29 is 22.4 Å². The minimum Gasteiger partial charge on any atom is -0.354 e. The monoisotopic (exact) mass is 629 g/mol. The van der Waals surface area contributed by atoms with Gasteiger partial charge in [0.15, 0.2) is 0 Å². The SMILES string of the molecule is CCCNC(=O)C(Cc1ccccc1)N(Cc1ccc(F)cc1)C(=O)CN(c1cc(C)ccc1C)S(=O)(=O)c1ccc(C)cc1. The maximum absolute atomic E-state index is 14.5. The molecule has 0 spiro atoms. The Morgan fingerprint density at radius 3 is 2.11 bits per heavy atom. The molecular weight excluding hydrogens is 589 g/mol. The molecule has 236 valence electrons. The Balaban J connectivity index is 1.82. The van der Waals surface area contributed by atoms with Crippen LogP contribution in [0, 0.1) is 26.6 Å². The molecule has 0 aliphatic heterocycles. The van der Waals surface area contributed by atoms with Gasteiger partial charge in [0, 0.05) is 19.5 Å². The van der Waals surface area contributed by atoms with E-state index in [1.165, 1.54) is 29.2 Å². The van der Waals surface area contributed by atoms with E-state index >= 15 is 0 Å². The summed E-state index contributed by atoms with van der Waals surface area (Å²) in [6, 6.07) is 26.0. The van der Waals surface area contributed by atoms with Gasteiger partial charge in [-0.2, -0.15) is 0 Å². The third kappa shape index (κ3) is 8.57. The molecule has 0 fully saturated rings. The number of hydrogen-bond donors (Lipinski definition) is 1. The van der Waals surface area contributed by atoms with Crippen molar-refractivity contribution in [2.24, 2.45) is 0 Å². The number of carbonyl (C=O) groups excluding carboxylic acids is 2. The first kappa shape index (κ1) is 33.4. The Morgan fingerprint density at radius 2 is 1.47 bits per heavy atom. The number of halogens is 1. The number of rotatable bonds is 13. The normalized spacial score (nSPS) is 11.9. The first-order valence-electron chi connectivity index (χ1n) is 15.0. The van der Waals surface area contributed by atoms with E-state index in [1.807, 2.05) is 63.2 Å². The lowest BCUT2D eigenvalue weighted by atomic mass is 10.0. The molecule has 0 saturated heterocycles. The molecular formula is C36H40FN3O4S. The van der Waals surface area contributed by atoms with Gasteiger partial charge in [0.05, 0.1) is 10.6 Å². The zero-order valence-electron chi connectivity index (χ0n) is 26.2. The van der Waals surface area contributed by atoms with Crippen molar-refractivity contribution >= 4 is 27.5 Å². The minimum atomic E-state index is -4.20. The van der Waals surface area contributed by atoms with E-state index < -0.39 is 34.3 Å².